The van der Waals surface area contributed by atoms with Gasteiger partial charge >= 0.3 is 132 Å². The van der Waals surface area contributed by atoms with Gasteiger partial charge in [0.1, 0.15) is 0 Å². The van der Waals surface area contributed by atoms with Gasteiger partial charge in [0, 0.05) is 0 Å². The fraction of sp³-hybridized carbons (Fsp3) is 0.562. The molecule has 1 saturated heterocycles. The molecule has 2 atom stereocenters. The van der Waals surface area contributed by atoms with Crippen LogP contribution in [0.15, 0.2) is 18.5 Å². The first-order valence-electron chi connectivity index (χ1n) is 8.10. The molecule has 0 aliphatic carbocycles. The first kappa shape index (κ1) is 19.1. The number of nitrogens with one attached hydrogen (secondary N) is 1. The first-order chi connectivity index (χ1) is 11.5. The van der Waals surface area contributed by atoms with Gasteiger partial charge in [-0.05, 0) is 0 Å². The molecule has 3 heterocycles. The Morgan fingerprint density at radius 3 is 2.67 bits per heavy atom. The van der Waals surface area contributed by atoms with Crippen LogP contribution in [-0.4, -0.2) is 61.4 Å². The summed E-state index contributed by atoms with van der Waals surface area (Å²) in [6, 6.07) is 1.36. The number of hydrogen-bond donors (Lipinski definition) is 1. The molecule has 0 aromatic carbocycles. The number of rotatable bonds is 3. The van der Waals surface area contributed by atoms with Gasteiger partial charge in [0.05, 0.1) is 0 Å². The van der Waals surface area contributed by atoms with Gasteiger partial charge in [-0.25, -0.2) is 0 Å². The molecular formula is C16H24F3N4Se. The minimum absolute atomic E-state index is 0.0839. The van der Waals surface area contributed by atoms with Crippen molar-refractivity contribution < 1.29 is 11.5 Å². The Kier molecular flexibility index (Phi) is 6.54. The van der Waals surface area contributed by atoms with Crippen LogP contribution in [0.3, 0.4) is 0 Å². The van der Waals surface area contributed by atoms with Crippen LogP contribution < -0.4 is 9.91 Å². The summed E-state index contributed by atoms with van der Waals surface area (Å²) in [5, 5.41) is 3.11. The Bertz CT molecular complexity index is 677. The summed E-state index contributed by atoms with van der Waals surface area (Å²) in [5.41, 5.74) is 1.15. The maximum atomic E-state index is 14.1. The van der Waals surface area contributed by atoms with Crippen molar-refractivity contribution >= 4 is 30.7 Å². The molecule has 2 aromatic rings. The van der Waals surface area contributed by atoms with E-state index >= 15 is 0 Å². The quantitative estimate of drug-likeness (QED) is 0.793. The maximum absolute atomic E-state index is 14.1. The number of hydrogen-bond acceptors (Lipinski definition) is 3. The molecule has 0 bridgehead atoms. The number of aromatic nitrogens is 2. The van der Waals surface area contributed by atoms with E-state index in [0.717, 1.165) is 6.54 Å². The van der Waals surface area contributed by atoms with Crippen LogP contribution in [0.4, 0.5) is 17.3 Å². The van der Waals surface area contributed by atoms with E-state index in [1.807, 2.05) is 25.8 Å². The van der Waals surface area contributed by atoms with Crippen molar-refractivity contribution in [3.8, 4) is 0 Å². The van der Waals surface area contributed by atoms with Crippen molar-refractivity contribution in [1.82, 2.24) is 14.3 Å². The summed E-state index contributed by atoms with van der Waals surface area (Å²) in [6.45, 7) is 6.85. The van der Waals surface area contributed by atoms with Crippen LogP contribution >= 0.6 is 0 Å². The van der Waals surface area contributed by atoms with Crippen molar-refractivity contribution in [2.24, 2.45) is 0 Å². The Morgan fingerprint density at radius 2 is 2.04 bits per heavy atom. The summed E-state index contributed by atoms with van der Waals surface area (Å²) < 4.78 is 42.3. The topological polar surface area (TPSA) is 32.6 Å². The standard InChI is InChI=1S/C14H18F3N4Se.C2H6/c1-9-7-12-13(18-4-6-21(12)14(9)22(16)17)19-11-3-5-20(2)8-10(11)15;1-2/h4,6-7,10-11H,3,5,8H2,1-2H3,(H,18,19);1-2H3. The summed E-state index contributed by atoms with van der Waals surface area (Å²) in [6.07, 6.45) is 2.69. The Balaban J connectivity index is 0.00000100. The zero-order valence-electron chi connectivity index (χ0n) is 14.4. The van der Waals surface area contributed by atoms with Gasteiger partial charge in [-0.15, -0.1) is 0 Å². The Morgan fingerprint density at radius 1 is 1.33 bits per heavy atom. The van der Waals surface area contributed by atoms with Crippen molar-refractivity contribution in [2.45, 2.75) is 39.4 Å². The Hall–Kier alpha value is -1.24. The third-order valence-electron chi connectivity index (χ3n) is 4.04. The average Bonchev–Trinajstić information content (AvgIpc) is 2.89. The molecule has 1 aliphatic rings. The van der Waals surface area contributed by atoms with Gasteiger partial charge < -0.3 is 0 Å². The molecule has 0 saturated carbocycles. The molecular weight excluding hydrogens is 384 g/mol. The average molecular weight is 408 g/mol. The SMILES string of the molecule is CC.Cc1cc2c(NC3CCN(C)CC3F)nccn2c1[Se](F)F. The van der Waals surface area contributed by atoms with Gasteiger partial charge in [0.25, 0.3) is 0 Å². The van der Waals surface area contributed by atoms with Crippen LogP contribution in [0.5, 0.6) is 0 Å². The number of nitrogens with zero attached hydrogens (tertiary/aromatic N) is 3. The molecule has 1 radical (unpaired) electrons. The number of halogens is 3. The summed E-state index contributed by atoms with van der Waals surface area (Å²) in [4.78, 5) is 6.17. The molecule has 4 nitrogen and oxygen atoms in total. The number of piperidine rings is 1. The van der Waals surface area contributed by atoms with E-state index in [0.29, 0.717) is 29.9 Å². The predicted octanol–water partition coefficient (Wildman–Crippen LogP) is 2.76. The Labute approximate surface area is 145 Å². The normalized spacial score (nSPS) is 21.7. The van der Waals surface area contributed by atoms with E-state index in [9.17, 15) is 11.5 Å². The van der Waals surface area contributed by atoms with Crippen molar-refractivity contribution in [3.63, 3.8) is 0 Å². The van der Waals surface area contributed by atoms with Crippen LogP contribution in [0, 0.1) is 6.92 Å². The summed E-state index contributed by atoms with van der Waals surface area (Å²) in [5.74, 6) is 0.473. The van der Waals surface area contributed by atoms with Gasteiger partial charge in [-0.2, -0.15) is 0 Å². The molecule has 0 spiro atoms. The van der Waals surface area contributed by atoms with E-state index in [1.54, 1.807) is 19.2 Å². The zero-order valence-corrected chi connectivity index (χ0v) is 16.1. The van der Waals surface area contributed by atoms with Crippen LogP contribution in [-0.2, 0) is 0 Å². The fourth-order valence-corrected chi connectivity index (χ4v) is 4.19. The van der Waals surface area contributed by atoms with E-state index in [2.05, 4.69) is 10.3 Å². The summed E-state index contributed by atoms with van der Waals surface area (Å²) >= 11 is -3.79. The number of alkyl halides is 1. The molecule has 1 N–H and O–H groups in total. The zero-order chi connectivity index (χ0) is 17.9. The van der Waals surface area contributed by atoms with Crippen LogP contribution in [0.2, 0.25) is 0 Å². The van der Waals surface area contributed by atoms with E-state index in [1.165, 1.54) is 10.6 Å². The van der Waals surface area contributed by atoms with Gasteiger partial charge in [-0.3, -0.25) is 0 Å². The number of likely N-dealkylation sites (tertiary alicyclic amines) is 1. The van der Waals surface area contributed by atoms with Crippen LogP contribution in [0.1, 0.15) is 25.8 Å². The molecule has 24 heavy (non-hydrogen) atoms. The van der Waals surface area contributed by atoms with Gasteiger partial charge in [0.2, 0.25) is 0 Å². The minimum atomic E-state index is -3.79. The number of anilines is 1. The van der Waals surface area contributed by atoms with Crippen molar-refractivity contribution in [1.29, 1.82) is 0 Å². The molecule has 135 valence electrons. The molecule has 1 aliphatic heterocycles. The van der Waals surface area contributed by atoms with E-state index in [-0.39, 0.29) is 10.6 Å². The fourth-order valence-electron chi connectivity index (χ4n) is 2.91. The van der Waals surface area contributed by atoms with Crippen molar-refractivity contribution in [2.75, 3.05) is 25.5 Å². The summed E-state index contributed by atoms with van der Waals surface area (Å²) in [7, 11) is 1.89. The molecule has 2 aromatic heterocycles. The molecule has 8 heteroatoms. The van der Waals surface area contributed by atoms with Gasteiger partial charge in [-0.1, -0.05) is 13.8 Å². The second-order valence-electron chi connectivity index (χ2n) is 5.69. The first-order valence-corrected chi connectivity index (χ1v) is 10.2. The predicted molar refractivity (Wildman–Crippen MR) is 93.3 cm³/mol. The molecule has 0 amide bonds. The van der Waals surface area contributed by atoms with Crippen LogP contribution in [0.25, 0.3) is 5.52 Å². The molecule has 1 fully saturated rings. The van der Waals surface area contributed by atoms with E-state index in [4.69, 9.17) is 0 Å². The van der Waals surface area contributed by atoms with E-state index < -0.39 is 21.0 Å². The van der Waals surface area contributed by atoms with Gasteiger partial charge in [0.15, 0.2) is 0 Å². The number of aryl methyl sites for hydroxylation is 1. The number of fused-ring (bicyclic) bond motifs is 1. The molecule has 3 rings (SSSR count). The monoisotopic (exact) mass is 409 g/mol. The second kappa shape index (κ2) is 8.23. The third kappa shape index (κ3) is 3.87. The molecule has 2 unspecified atom stereocenters. The van der Waals surface area contributed by atoms with Crippen molar-refractivity contribution in [3.05, 3.63) is 24.0 Å². The second-order valence-corrected chi connectivity index (χ2v) is 7.40. The third-order valence-corrected chi connectivity index (χ3v) is 5.75.